The van der Waals surface area contributed by atoms with E-state index < -0.39 is 5.82 Å². The van der Waals surface area contributed by atoms with E-state index in [2.05, 4.69) is 0 Å². The van der Waals surface area contributed by atoms with Crippen molar-refractivity contribution < 1.29 is 13.9 Å². The van der Waals surface area contributed by atoms with Crippen molar-refractivity contribution in [1.82, 2.24) is 0 Å². The fraction of sp³-hybridized carbons (Fsp3) is 0.100. The first-order valence-electron chi connectivity index (χ1n) is 3.96. The van der Waals surface area contributed by atoms with Gasteiger partial charge in [-0.25, -0.2) is 4.39 Å². The van der Waals surface area contributed by atoms with Crippen LogP contribution in [0.25, 0.3) is 10.1 Å². The normalized spacial score (nSPS) is 10.4. The molecule has 2 rings (SSSR count). The highest BCUT2D eigenvalue weighted by molar-refractivity contribution is 7.17. The molecule has 14 heavy (non-hydrogen) atoms. The maximum Gasteiger partial charge on any atom is 0.166 e. The molecule has 0 saturated carbocycles. The zero-order valence-electron chi connectivity index (χ0n) is 7.41. The van der Waals surface area contributed by atoms with Gasteiger partial charge in [0.05, 0.1) is 7.11 Å². The molecule has 0 N–H and O–H groups in total. The van der Waals surface area contributed by atoms with Gasteiger partial charge < -0.3 is 4.74 Å². The first-order chi connectivity index (χ1) is 6.77. The van der Waals surface area contributed by atoms with Crippen LogP contribution >= 0.6 is 11.3 Å². The molecule has 0 amide bonds. The summed E-state index contributed by atoms with van der Waals surface area (Å²) >= 11 is 1.40. The van der Waals surface area contributed by atoms with Crippen molar-refractivity contribution in [2.75, 3.05) is 7.11 Å². The third kappa shape index (κ3) is 1.19. The summed E-state index contributed by atoms with van der Waals surface area (Å²) in [5, 5.41) is 2.46. The van der Waals surface area contributed by atoms with Gasteiger partial charge in [-0.05, 0) is 17.5 Å². The molecule has 0 saturated heterocycles. The second-order valence-corrected chi connectivity index (χ2v) is 3.68. The molecule has 72 valence electrons. The van der Waals surface area contributed by atoms with Crippen molar-refractivity contribution >= 4 is 27.7 Å². The molecule has 0 radical (unpaired) electrons. The Morgan fingerprint density at radius 1 is 1.57 bits per heavy atom. The van der Waals surface area contributed by atoms with E-state index in [0.29, 0.717) is 17.2 Å². The molecule has 0 fully saturated rings. The molecule has 1 aromatic carbocycles. The fourth-order valence-electron chi connectivity index (χ4n) is 1.40. The van der Waals surface area contributed by atoms with Crippen LogP contribution in [-0.4, -0.2) is 13.4 Å². The highest BCUT2D eigenvalue weighted by Crippen LogP contribution is 2.34. The van der Waals surface area contributed by atoms with Gasteiger partial charge in [0.2, 0.25) is 0 Å². The van der Waals surface area contributed by atoms with Crippen LogP contribution in [0.1, 0.15) is 10.4 Å². The van der Waals surface area contributed by atoms with Crippen molar-refractivity contribution in [2.45, 2.75) is 0 Å². The van der Waals surface area contributed by atoms with Gasteiger partial charge in [-0.1, -0.05) is 0 Å². The van der Waals surface area contributed by atoms with Gasteiger partial charge >= 0.3 is 0 Å². The minimum absolute atomic E-state index is 0.201. The first-order valence-corrected chi connectivity index (χ1v) is 4.84. The van der Waals surface area contributed by atoms with Crippen molar-refractivity contribution in [2.24, 2.45) is 0 Å². The number of methoxy groups -OCH3 is 1. The van der Waals surface area contributed by atoms with Crippen LogP contribution in [0.5, 0.6) is 5.75 Å². The van der Waals surface area contributed by atoms with Crippen LogP contribution in [-0.2, 0) is 0 Å². The molecular formula is C10H7FO2S. The quantitative estimate of drug-likeness (QED) is 0.712. The average Bonchev–Trinajstić information content (AvgIpc) is 2.65. The van der Waals surface area contributed by atoms with Crippen molar-refractivity contribution in [3.05, 3.63) is 28.9 Å². The van der Waals surface area contributed by atoms with E-state index in [9.17, 15) is 9.18 Å². The summed E-state index contributed by atoms with van der Waals surface area (Å²) in [6, 6.07) is 2.94. The predicted octanol–water partition coefficient (Wildman–Crippen LogP) is 2.86. The van der Waals surface area contributed by atoms with Gasteiger partial charge in [-0.15, -0.1) is 11.3 Å². The lowest BCUT2D eigenvalue weighted by atomic mass is 10.1. The number of thiophene rings is 1. The Labute approximate surface area is 83.9 Å². The Morgan fingerprint density at radius 2 is 2.36 bits per heavy atom. The Kier molecular flexibility index (Phi) is 2.21. The molecular weight excluding hydrogens is 203 g/mol. The molecule has 0 aliphatic heterocycles. The predicted molar refractivity (Wildman–Crippen MR) is 53.7 cm³/mol. The number of aldehydes is 1. The van der Waals surface area contributed by atoms with Gasteiger partial charge in [0.1, 0.15) is 0 Å². The summed E-state index contributed by atoms with van der Waals surface area (Å²) in [6.07, 6.45) is 0.654. The molecule has 0 atom stereocenters. The SMILES string of the molecule is COc1c(F)cc(C=O)c2sccc12. The minimum Gasteiger partial charge on any atom is -0.493 e. The summed E-state index contributed by atoms with van der Waals surface area (Å²) in [4.78, 5) is 10.7. The summed E-state index contributed by atoms with van der Waals surface area (Å²) in [5.41, 5.74) is 0.369. The molecule has 0 spiro atoms. The Hall–Kier alpha value is -1.42. The number of hydrogen-bond acceptors (Lipinski definition) is 3. The Morgan fingerprint density at radius 3 is 3.00 bits per heavy atom. The molecule has 2 nitrogen and oxygen atoms in total. The van der Waals surface area contributed by atoms with Gasteiger partial charge in [-0.2, -0.15) is 0 Å². The maximum absolute atomic E-state index is 13.4. The van der Waals surface area contributed by atoms with E-state index in [-0.39, 0.29) is 5.75 Å². The molecule has 0 aliphatic rings. The largest absolute Gasteiger partial charge is 0.493 e. The van der Waals surface area contributed by atoms with Crippen LogP contribution in [0.2, 0.25) is 0 Å². The third-order valence-corrected chi connectivity index (χ3v) is 2.97. The van der Waals surface area contributed by atoms with E-state index in [1.807, 2.05) is 0 Å². The monoisotopic (exact) mass is 210 g/mol. The lowest BCUT2D eigenvalue weighted by Gasteiger charge is -2.04. The van der Waals surface area contributed by atoms with Crippen molar-refractivity contribution in [3.8, 4) is 5.75 Å². The summed E-state index contributed by atoms with van der Waals surface area (Å²) in [5.74, 6) is -0.299. The van der Waals surface area contributed by atoms with Crippen LogP contribution < -0.4 is 4.74 Å². The van der Waals surface area contributed by atoms with Crippen LogP contribution in [0.15, 0.2) is 17.5 Å². The Bertz CT molecular complexity index is 490. The number of carbonyl (C=O) groups is 1. The van der Waals surface area contributed by atoms with E-state index in [4.69, 9.17) is 4.74 Å². The molecule has 4 heteroatoms. The molecule has 0 unspecified atom stereocenters. The lowest BCUT2D eigenvalue weighted by molar-refractivity contribution is 0.112. The first kappa shape index (κ1) is 9.15. The second-order valence-electron chi connectivity index (χ2n) is 2.76. The Balaban J connectivity index is 2.88. The summed E-state index contributed by atoms with van der Waals surface area (Å²) in [6.45, 7) is 0. The number of rotatable bonds is 2. The molecule has 1 aromatic heterocycles. The fourth-order valence-corrected chi connectivity index (χ4v) is 2.27. The van der Waals surface area contributed by atoms with Gasteiger partial charge in [-0.3, -0.25) is 4.79 Å². The zero-order valence-corrected chi connectivity index (χ0v) is 8.23. The average molecular weight is 210 g/mol. The molecule has 0 bridgehead atoms. The van der Waals surface area contributed by atoms with Gasteiger partial charge in [0.25, 0.3) is 0 Å². The number of carbonyl (C=O) groups excluding carboxylic acids is 1. The smallest absolute Gasteiger partial charge is 0.166 e. The lowest BCUT2D eigenvalue weighted by Crippen LogP contribution is -1.91. The number of benzene rings is 1. The number of hydrogen-bond donors (Lipinski definition) is 0. The standard InChI is InChI=1S/C10H7FO2S/c1-13-9-7-2-3-14-10(7)6(5-12)4-8(9)11/h2-5H,1H3. The number of fused-ring (bicyclic) bond motifs is 1. The van der Waals surface area contributed by atoms with E-state index in [0.717, 1.165) is 4.70 Å². The van der Waals surface area contributed by atoms with E-state index >= 15 is 0 Å². The van der Waals surface area contributed by atoms with Crippen molar-refractivity contribution in [3.63, 3.8) is 0 Å². The van der Waals surface area contributed by atoms with Crippen LogP contribution in [0, 0.1) is 5.82 Å². The van der Waals surface area contributed by atoms with Gasteiger partial charge in [0.15, 0.2) is 17.9 Å². The minimum atomic E-state index is -0.500. The molecule has 1 heterocycles. The third-order valence-electron chi connectivity index (χ3n) is 2.00. The summed E-state index contributed by atoms with van der Waals surface area (Å²) < 4.78 is 19.1. The molecule has 0 aliphatic carbocycles. The molecule has 2 aromatic rings. The maximum atomic E-state index is 13.4. The highest BCUT2D eigenvalue weighted by atomic mass is 32.1. The van der Waals surface area contributed by atoms with Gasteiger partial charge in [0, 0.05) is 15.6 Å². The summed E-state index contributed by atoms with van der Waals surface area (Å²) in [7, 11) is 1.41. The second kappa shape index (κ2) is 3.38. The highest BCUT2D eigenvalue weighted by Gasteiger charge is 2.12. The van der Waals surface area contributed by atoms with Crippen LogP contribution in [0.4, 0.5) is 4.39 Å². The van der Waals surface area contributed by atoms with E-state index in [1.165, 1.54) is 24.5 Å². The zero-order chi connectivity index (χ0) is 10.1. The van der Waals surface area contributed by atoms with Crippen molar-refractivity contribution in [1.29, 1.82) is 0 Å². The van der Waals surface area contributed by atoms with Crippen LogP contribution in [0.3, 0.4) is 0 Å². The number of ether oxygens (including phenoxy) is 1. The van der Waals surface area contributed by atoms with E-state index in [1.54, 1.807) is 11.4 Å². The number of halogens is 1. The topological polar surface area (TPSA) is 26.3 Å².